The molecule has 2 aliphatic carbocycles. The highest BCUT2D eigenvalue weighted by Gasteiger charge is 2.38. The van der Waals surface area contributed by atoms with Crippen LogP contribution in [0.3, 0.4) is 0 Å². The predicted molar refractivity (Wildman–Crippen MR) is 82.4 cm³/mol. The molecule has 116 valence electrons. The molecule has 1 aromatic rings. The van der Waals surface area contributed by atoms with Gasteiger partial charge in [-0.05, 0) is 57.3 Å². The zero-order valence-electron chi connectivity index (χ0n) is 13.2. The molecule has 1 N–H and O–H groups in total. The van der Waals surface area contributed by atoms with Gasteiger partial charge in [-0.3, -0.25) is 4.79 Å². The summed E-state index contributed by atoms with van der Waals surface area (Å²) in [5.41, 5.74) is 1.60. The summed E-state index contributed by atoms with van der Waals surface area (Å²) in [5.74, 6) is 1.50. The maximum absolute atomic E-state index is 12.5. The van der Waals surface area contributed by atoms with Gasteiger partial charge in [-0.2, -0.15) is 0 Å². The second-order valence-corrected chi connectivity index (χ2v) is 6.78. The van der Waals surface area contributed by atoms with Gasteiger partial charge in [0, 0.05) is 12.7 Å². The zero-order valence-corrected chi connectivity index (χ0v) is 13.2. The Hall–Kier alpha value is -1.16. The number of hydrogen-bond acceptors (Lipinski definition) is 3. The molecule has 0 radical (unpaired) electrons. The van der Waals surface area contributed by atoms with Crippen molar-refractivity contribution in [2.24, 2.45) is 5.92 Å². The Morgan fingerprint density at radius 2 is 1.90 bits per heavy atom. The highest BCUT2D eigenvalue weighted by Crippen LogP contribution is 2.40. The molecule has 1 aromatic heterocycles. The van der Waals surface area contributed by atoms with Crippen molar-refractivity contribution < 1.29 is 4.74 Å². The third kappa shape index (κ3) is 2.78. The fourth-order valence-corrected chi connectivity index (χ4v) is 3.76. The summed E-state index contributed by atoms with van der Waals surface area (Å²) in [5, 5.41) is 0. The van der Waals surface area contributed by atoms with Crippen LogP contribution in [0.4, 0.5) is 0 Å². The molecule has 0 bridgehead atoms. The van der Waals surface area contributed by atoms with Crippen molar-refractivity contribution in [1.29, 1.82) is 0 Å². The van der Waals surface area contributed by atoms with Crippen LogP contribution in [0.1, 0.15) is 69.0 Å². The van der Waals surface area contributed by atoms with Gasteiger partial charge in [-0.25, -0.2) is 4.98 Å². The van der Waals surface area contributed by atoms with Gasteiger partial charge in [0.25, 0.3) is 5.56 Å². The van der Waals surface area contributed by atoms with Crippen LogP contribution in [-0.2, 0) is 23.2 Å². The molecule has 0 atom stereocenters. The fraction of sp³-hybridized carbons (Fsp3) is 0.765. The Labute approximate surface area is 126 Å². The first kappa shape index (κ1) is 14.8. The van der Waals surface area contributed by atoms with E-state index < -0.39 is 0 Å². The van der Waals surface area contributed by atoms with E-state index in [1.807, 2.05) is 0 Å². The molecule has 0 aliphatic heterocycles. The molecule has 0 spiro atoms. The lowest BCUT2D eigenvalue weighted by atomic mass is 9.79. The molecular formula is C17H26N2O2. The van der Waals surface area contributed by atoms with Gasteiger partial charge in [0.05, 0.1) is 5.69 Å². The van der Waals surface area contributed by atoms with Gasteiger partial charge in [0.2, 0.25) is 0 Å². The lowest BCUT2D eigenvalue weighted by molar-refractivity contribution is -0.0600. The van der Waals surface area contributed by atoms with Crippen molar-refractivity contribution in [3.63, 3.8) is 0 Å². The molecule has 2 aliphatic rings. The third-order valence-corrected chi connectivity index (χ3v) is 5.35. The number of methoxy groups -OCH3 is 1. The third-order valence-electron chi connectivity index (χ3n) is 5.35. The van der Waals surface area contributed by atoms with E-state index in [0.717, 1.165) is 74.4 Å². The van der Waals surface area contributed by atoms with Crippen LogP contribution in [0.25, 0.3) is 0 Å². The number of nitrogens with one attached hydrogen (secondary N) is 1. The smallest absolute Gasteiger partial charge is 0.254 e. The van der Waals surface area contributed by atoms with Crippen LogP contribution in [0.2, 0.25) is 0 Å². The molecule has 0 aromatic carbocycles. The Bertz CT molecular complexity index is 556. The molecule has 1 saturated carbocycles. The van der Waals surface area contributed by atoms with Crippen LogP contribution < -0.4 is 5.56 Å². The largest absolute Gasteiger partial charge is 0.370 e. The van der Waals surface area contributed by atoms with Gasteiger partial charge in [-0.1, -0.05) is 13.3 Å². The first-order valence-electron chi connectivity index (χ1n) is 8.32. The van der Waals surface area contributed by atoms with Gasteiger partial charge < -0.3 is 9.72 Å². The molecule has 0 saturated heterocycles. The van der Waals surface area contributed by atoms with Crippen LogP contribution in [-0.4, -0.2) is 17.1 Å². The number of rotatable bonds is 2. The minimum Gasteiger partial charge on any atom is -0.370 e. The molecule has 0 amide bonds. The second-order valence-electron chi connectivity index (χ2n) is 6.78. The summed E-state index contributed by atoms with van der Waals surface area (Å²) >= 11 is 0. The highest BCUT2D eigenvalue weighted by molar-refractivity contribution is 5.21. The SMILES string of the molecule is COC1(c2nc3c(c(=O)[nH]2)CCCCC3)CCC(C)CC1. The number of nitrogens with zero attached hydrogens (tertiary/aromatic N) is 1. The molecular weight excluding hydrogens is 264 g/mol. The quantitative estimate of drug-likeness (QED) is 0.852. The minimum absolute atomic E-state index is 0.0620. The van der Waals surface area contributed by atoms with E-state index in [4.69, 9.17) is 9.72 Å². The van der Waals surface area contributed by atoms with Crippen molar-refractivity contribution >= 4 is 0 Å². The number of aryl methyl sites for hydroxylation is 1. The van der Waals surface area contributed by atoms with Crippen LogP contribution in [0.5, 0.6) is 0 Å². The van der Waals surface area contributed by atoms with E-state index in [-0.39, 0.29) is 11.2 Å². The number of hydrogen-bond donors (Lipinski definition) is 1. The Balaban J connectivity index is 2.00. The van der Waals surface area contributed by atoms with Gasteiger partial charge >= 0.3 is 0 Å². The number of aromatic amines is 1. The lowest BCUT2D eigenvalue weighted by Gasteiger charge is -2.37. The number of H-pyrrole nitrogens is 1. The van der Waals surface area contributed by atoms with Crippen molar-refractivity contribution in [3.8, 4) is 0 Å². The average molecular weight is 290 g/mol. The van der Waals surface area contributed by atoms with E-state index >= 15 is 0 Å². The first-order chi connectivity index (χ1) is 10.1. The summed E-state index contributed by atoms with van der Waals surface area (Å²) in [6.07, 6.45) is 9.40. The van der Waals surface area contributed by atoms with Gasteiger partial charge in [0.1, 0.15) is 11.4 Å². The summed E-state index contributed by atoms with van der Waals surface area (Å²) in [6.45, 7) is 2.28. The van der Waals surface area contributed by atoms with Crippen molar-refractivity contribution in [1.82, 2.24) is 9.97 Å². The standard InChI is InChI=1S/C17H26N2O2/c1-12-8-10-17(21-2,11-9-12)16-18-14-7-5-3-4-6-13(14)15(20)19-16/h12H,3-11H2,1-2H3,(H,18,19,20). The Morgan fingerprint density at radius 3 is 2.62 bits per heavy atom. The highest BCUT2D eigenvalue weighted by atomic mass is 16.5. The van der Waals surface area contributed by atoms with Crippen LogP contribution >= 0.6 is 0 Å². The molecule has 4 heteroatoms. The normalized spacial score (nSPS) is 29.7. The summed E-state index contributed by atoms with van der Waals surface area (Å²) in [6, 6.07) is 0. The number of fused-ring (bicyclic) bond motifs is 1. The Morgan fingerprint density at radius 1 is 1.19 bits per heavy atom. The average Bonchev–Trinajstić information content (AvgIpc) is 2.74. The molecule has 0 unspecified atom stereocenters. The molecule has 1 heterocycles. The summed E-state index contributed by atoms with van der Waals surface area (Å²) in [4.78, 5) is 20.3. The van der Waals surface area contributed by atoms with Gasteiger partial charge in [0.15, 0.2) is 0 Å². The van der Waals surface area contributed by atoms with Gasteiger partial charge in [-0.15, -0.1) is 0 Å². The molecule has 1 fully saturated rings. The van der Waals surface area contributed by atoms with E-state index in [2.05, 4.69) is 11.9 Å². The molecule has 4 nitrogen and oxygen atoms in total. The maximum atomic E-state index is 12.5. The van der Waals surface area contributed by atoms with E-state index in [1.54, 1.807) is 7.11 Å². The predicted octanol–water partition coefficient (Wildman–Crippen LogP) is 3.09. The lowest BCUT2D eigenvalue weighted by Crippen LogP contribution is -2.37. The van der Waals surface area contributed by atoms with Crippen LogP contribution in [0.15, 0.2) is 4.79 Å². The summed E-state index contributed by atoms with van der Waals surface area (Å²) < 4.78 is 5.86. The minimum atomic E-state index is -0.382. The van der Waals surface area contributed by atoms with E-state index in [0.29, 0.717) is 0 Å². The number of ether oxygens (including phenoxy) is 1. The number of aromatic nitrogens is 2. The first-order valence-corrected chi connectivity index (χ1v) is 8.32. The second kappa shape index (κ2) is 5.91. The van der Waals surface area contributed by atoms with E-state index in [1.165, 1.54) is 6.42 Å². The fourth-order valence-electron chi connectivity index (χ4n) is 3.76. The molecule has 3 rings (SSSR count). The van der Waals surface area contributed by atoms with Crippen molar-refractivity contribution in [3.05, 3.63) is 27.4 Å². The van der Waals surface area contributed by atoms with Crippen LogP contribution in [0, 0.1) is 5.92 Å². The topological polar surface area (TPSA) is 55.0 Å². The van der Waals surface area contributed by atoms with Crippen molar-refractivity contribution in [2.75, 3.05) is 7.11 Å². The Kier molecular flexibility index (Phi) is 4.16. The zero-order chi connectivity index (χ0) is 14.9. The monoisotopic (exact) mass is 290 g/mol. The van der Waals surface area contributed by atoms with E-state index in [9.17, 15) is 4.79 Å². The summed E-state index contributed by atoms with van der Waals surface area (Å²) in [7, 11) is 1.75. The van der Waals surface area contributed by atoms with Crippen molar-refractivity contribution in [2.45, 2.75) is 70.3 Å². The molecule has 21 heavy (non-hydrogen) atoms. The maximum Gasteiger partial charge on any atom is 0.254 e.